The van der Waals surface area contributed by atoms with Gasteiger partial charge >= 0.3 is 12.1 Å². The molecule has 0 fully saturated rings. The summed E-state index contributed by atoms with van der Waals surface area (Å²) in [4.78, 5) is 10.4. The first-order chi connectivity index (χ1) is 9.79. The average molecular weight is 303 g/mol. The van der Waals surface area contributed by atoms with E-state index < -0.39 is 17.7 Å². The van der Waals surface area contributed by atoms with Crippen molar-refractivity contribution in [2.75, 3.05) is 6.54 Å². The first kappa shape index (κ1) is 17.5. The molecular weight excluding hydrogens is 283 g/mol. The minimum absolute atomic E-state index is 0.167. The van der Waals surface area contributed by atoms with Gasteiger partial charge in [0.2, 0.25) is 0 Å². The molecule has 0 saturated heterocycles. The zero-order valence-electron chi connectivity index (χ0n) is 11.9. The minimum atomic E-state index is -4.30. The Labute approximate surface area is 122 Å². The molecule has 0 bridgehead atoms. The first-order valence-electron chi connectivity index (χ1n) is 6.87. The second-order valence-electron chi connectivity index (χ2n) is 5.20. The molecule has 1 unspecified atom stereocenters. The summed E-state index contributed by atoms with van der Waals surface area (Å²) in [6.45, 7) is 3.20. The van der Waals surface area contributed by atoms with Crippen molar-refractivity contribution < 1.29 is 23.1 Å². The van der Waals surface area contributed by atoms with Crippen LogP contribution in [0.15, 0.2) is 24.3 Å². The zero-order valence-corrected chi connectivity index (χ0v) is 11.9. The molecule has 1 atom stereocenters. The molecule has 1 aromatic rings. The van der Waals surface area contributed by atoms with Gasteiger partial charge in [0.1, 0.15) is 0 Å². The molecule has 0 radical (unpaired) electrons. The largest absolute Gasteiger partial charge is 0.481 e. The highest BCUT2D eigenvalue weighted by Crippen LogP contribution is 2.29. The smallest absolute Gasteiger partial charge is 0.416 e. The standard InChI is InChI=1S/C15H20F3NO2/c1-11(2-7-14(20)21)8-9-19-10-12-3-5-13(6-4-12)15(16,17)18/h3-6,11,19H,2,7-10H2,1H3,(H,20,21). The first-order valence-corrected chi connectivity index (χ1v) is 6.87. The summed E-state index contributed by atoms with van der Waals surface area (Å²) in [6, 6.07) is 5.08. The molecule has 1 aromatic carbocycles. The number of carboxylic acid groups (broad SMARTS) is 1. The molecule has 3 nitrogen and oxygen atoms in total. The number of nitrogens with one attached hydrogen (secondary N) is 1. The van der Waals surface area contributed by atoms with Gasteiger partial charge in [0.25, 0.3) is 0 Å². The van der Waals surface area contributed by atoms with E-state index in [0.717, 1.165) is 24.1 Å². The van der Waals surface area contributed by atoms with Crippen LogP contribution in [0.3, 0.4) is 0 Å². The van der Waals surface area contributed by atoms with Gasteiger partial charge in [-0.3, -0.25) is 4.79 Å². The number of hydrogen-bond acceptors (Lipinski definition) is 2. The van der Waals surface area contributed by atoms with Crippen LogP contribution < -0.4 is 5.32 Å². The highest BCUT2D eigenvalue weighted by molar-refractivity contribution is 5.66. The molecule has 21 heavy (non-hydrogen) atoms. The Bertz CT molecular complexity index is 443. The third-order valence-corrected chi connectivity index (χ3v) is 3.28. The maximum Gasteiger partial charge on any atom is 0.416 e. The average Bonchev–Trinajstić information content (AvgIpc) is 2.41. The van der Waals surface area contributed by atoms with Gasteiger partial charge in [0, 0.05) is 13.0 Å². The van der Waals surface area contributed by atoms with E-state index in [1.54, 1.807) is 0 Å². The molecule has 1 rings (SSSR count). The van der Waals surface area contributed by atoms with E-state index in [1.165, 1.54) is 12.1 Å². The van der Waals surface area contributed by atoms with Crippen molar-refractivity contribution in [1.29, 1.82) is 0 Å². The third-order valence-electron chi connectivity index (χ3n) is 3.28. The summed E-state index contributed by atoms with van der Waals surface area (Å²) in [6.07, 6.45) is -2.66. The van der Waals surface area contributed by atoms with Gasteiger partial charge < -0.3 is 10.4 Å². The van der Waals surface area contributed by atoms with E-state index in [9.17, 15) is 18.0 Å². The molecule has 0 aliphatic rings. The Morgan fingerprint density at radius 3 is 2.38 bits per heavy atom. The van der Waals surface area contributed by atoms with Crippen molar-refractivity contribution in [3.8, 4) is 0 Å². The number of rotatable bonds is 8. The molecule has 0 spiro atoms. The van der Waals surface area contributed by atoms with E-state index in [2.05, 4.69) is 5.32 Å². The maximum atomic E-state index is 12.4. The lowest BCUT2D eigenvalue weighted by Crippen LogP contribution is -2.17. The van der Waals surface area contributed by atoms with Crippen molar-refractivity contribution >= 4 is 5.97 Å². The summed E-state index contributed by atoms with van der Waals surface area (Å²) in [5.41, 5.74) is 0.148. The number of carbonyl (C=O) groups is 1. The summed E-state index contributed by atoms with van der Waals surface area (Å²) in [7, 11) is 0. The third kappa shape index (κ3) is 7.13. The van der Waals surface area contributed by atoms with Crippen LogP contribution >= 0.6 is 0 Å². The minimum Gasteiger partial charge on any atom is -0.481 e. The SMILES string of the molecule is CC(CCNCc1ccc(C(F)(F)F)cc1)CCC(=O)O. The number of halogens is 3. The van der Waals surface area contributed by atoms with Crippen molar-refractivity contribution in [2.45, 2.75) is 38.9 Å². The van der Waals surface area contributed by atoms with Crippen LogP contribution in [0, 0.1) is 5.92 Å². The van der Waals surface area contributed by atoms with E-state index in [0.29, 0.717) is 25.4 Å². The van der Waals surface area contributed by atoms with Gasteiger partial charge in [-0.25, -0.2) is 0 Å². The summed E-state index contributed by atoms with van der Waals surface area (Å²) in [5.74, 6) is -0.485. The van der Waals surface area contributed by atoms with Gasteiger partial charge in [0.05, 0.1) is 5.56 Å². The number of aliphatic carboxylic acids is 1. The molecular formula is C15H20F3NO2. The summed E-state index contributed by atoms with van der Waals surface area (Å²) >= 11 is 0. The van der Waals surface area contributed by atoms with Crippen LogP contribution in [0.25, 0.3) is 0 Å². The quantitative estimate of drug-likeness (QED) is 0.720. The number of carboxylic acids is 1. The van der Waals surface area contributed by atoms with Crippen molar-refractivity contribution in [2.24, 2.45) is 5.92 Å². The van der Waals surface area contributed by atoms with Gasteiger partial charge in [-0.15, -0.1) is 0 Å². The molecule has 0 aromatic heterocycles. The van der Waals surface area contributed by atoms with E-state index in [-0.39, 0.29) is 6.42 Å². The molecule has 0 aliphatic heterocycles. The topological polar surface area (TPSA) is 49.3 Å². The lowest BCUT2D eigenvalue weighted by atomic mass is 10.0. The normalized spacial score (nSPS) is 13.1. The maximum absolute atomic E-state index is 12.4. The van der Waals surface area contributed by atoms with Crippen LogP contribution in [-0.4, -0.2) is 17.6 Å². The number of alkyl halides is 3. The Hall–Kier alpha value is -1.56. The van der Waals surface area contributed by atoms with Crippen molar-refractivity contribution in [3.05, 3.63) is 35.4 Å². The van der Waals surface area contributed by atoms with E-state index in [4.69, 9.17) is 5.11 Å². The zero-order chi connectivity index (χ0) is 15.9. The van der Waals surface area contributed by atoms with Crippen LogP contribution in [0.2, 0.25) is 0 Å². The van der Waals surface area contributed by atoms with Crippen LogP contribution in [-0.2, 0) is 17.5 Å². The Balaban J connectivity index is 2.25. The second kappa shape index (κ2) is 8.02. The second-order valence-corrected chi connectivity index (χ2v) is 5.20. The van der Waals surface area contributed by atoms with Gasteiger partial charge in [-0.05, 0) is 43.0 Å². The Morgan fingerprint density at radius 2 is 1.86 bits per heavy atom. The lowest BCUT2D eigenvalue weighted by molar-refractivity contribution is -0.138. The molecule has 0 heterocycles. The molecule has 2 N–H and O–H groups in total. The summed E-state index contributed by atoms with van der Waals surface area (Å²) < 4.78 is 37.2. The predicted octanol–water partition coefficient (Wildman–Crippen LogP) is 3.69. The molecule has 6 heteroatoms. The highest BCUT2D eigenvalue weighted by atomic mass is 19.4. The molecule has 0 amide bonds. The van der Waals surface area contributed by atoms with Crippen LogP contribution in [0.5, 0.6) is 0 Å². The molecule has 0 aliphatic carbocycles. The van der Waals surface area contributed by atoms with Crippen molar-refractivity contribution in [3.63, 3.8) is 0 Å². The van der Waals surface area contributed by atoms with Gasteiger partial charge in [-0.1, -0.05) is 19.1 Å². The lowest BCUT2D eigenvalue weighted by Gasteiger charge is -2.11. The van der Waals surface area contributed by atoms with E-state index in [1.807, 2.05) is 6.92 Å². The molecule has 0 saturated carbocycles. The summed E-state index contributed by atoms with van der Waals surface area (Å²) in [5, 5.41) is 11.7. The van der Waals surface area contributed by atoms with Gasteiger partial charge in [-0.2, -0.15) is 13.2 Å². The fraction of sp³-hybridized carbons (Fsp3) is 0.533. The Kier molecular flexibility index (Phi) is 6.68. The molecule has 118 valence electrons. The fourth-order valence-corrected chi connectivity index (χ4v) is 1.91. The monoisotopic (exact) mass is 303 g/mol. The number of hydrogen-bond donors (Lipinski definition) is 2. The van der Waals surface area contributed by atoms with Crippen LogP contribution in [0.1, 0.15) is 37.3 Å². The number of benzene rings is 1. The fourth-order valence-electron chi connectivity index (χ4n) is 1.91. The Morgan fingerprint density at radius 1 is 1.24 bits per heavy atom. The van der Waals surface area contributed by atoms with Gasteiger partial charge in [0.15, 0.2) is 0 Å². The van der Waals surface area contributed by atoms with Crippen molar-refractivity contribution in [1.82, 2.24) is 5.32 Å². The predicted molar refractivity (Wildman–Crippen MR) is 73.8 cm³/mol. The van der Waals surface area contributed by atoms with Crippen LogP contribution in [0.4, 0.5) is 13.2 Å². The van der Waals surface area contributed by atoms with E-state index >= 15 is 0 Å². The highest BCUT2D eigenvalue weighted by Gasteiger charge is 2.29.